The molecule has 2 aromatic rings. The third-order valence-corrected chi connectivity index (χ3v) is 3.22. The number of carboxylic acid groups (broad SMARTS) is 1. The molecule has 0 atom stereocenters. The summed E-state index contributed by atoms with van der Waals surface area (Å²) in [5.74, 6) is -0.942. The van der Waals surface area contributed by atoms with E-state index in [4.69, 9.17) is 5.11 Å². The Balaban J connectivity index is 2.37. The Morgan fingerprint density at radius 2 is 1.78 bits per heavy atom. The van der Waals surface area contributed by atoms with Crippen LogP contribution in [0.3, 0.4) is 0 Å². The Kier molecular flexibility index (Phi) is 3.62. The zero-order valence-electron chi connectivity index (χ0n) is 10.0. The zero-order chi connectivity index (χ0) is 13.1. The van der Waals surface area contributed by atoms with Crippen molar-refractivity contribution in [1.82, 2.24) is 9.97 Å². The van der Waals surface area contributed by atoms with E-state index in [-0.39, 0.29) is 5.56 Å². The topological polar surface area (TPSA) is 63.1 Å². The molecular weight excluding hydrogens is 248 g/mol. The van der Waals surface area contributed by atoms with Crippen molar-refractivity contribution < 1.29 is 9.90 Å². The van der Waals surface area contributed by atoms with Crippen LogP contribution in [-0.2, 0) is 0 Å². The first-order chi connectivity index (χ1) is 8.56. The quantitative estimate of drug-likeness (QED) is 0.860. The molecule has 0 radical (unpaired) electrons. The second-order valence-electron chi connectivity index (χ2n) is 3.84. The molecule has 0 aliphatic rings. The van der Waals surface area contributed by atoms with Gasteiger partial charge in [0, 0.05) is 16.3 Å². The van der Waals surface area contributed by atoms with Crippen molar-refractivity contribution in [2.24, 2.45) is 0 Å². The van der Waals surface area contributed by atoms with Crippen LogP contribution in [0.15, 0.2) is 40.4 Å². The van der Waals surface area contributed by atoms with E-state index in [1.807, 2.05) is 19.9 Å². The van der Waals surface area contributed by atoms with Gasteiger partial charge in [-0.25, -0.2) is 14.8 Å². The van der Waals surface area contributed by atoms with Crippen molar-refractivity contribution in [3.8, 4) is 0 Å². The highest BCUT2D eigenvalue weighted by atomic mass is 32.2. The lowest BCUT2D eigenvalue weighted by Gasteiger charge is -2.05. The van der Waals surface area contributed by atoms with Crippen LogP contribution in [0.1, 0.15) is 21.7 Å². The van der Waals surface area contributed by atoms with Crippen LogP contribution in [0.5, 0.6) is 0 Å². The van der Waals surface area contributed by atoms with Gasteiger partial charge < -0.3 is 5.11 Å². The number of aromatic carboxylic acids is 1. The molecule has 0 saturated carbocycles. The highest BCUT2D eigenvalue weighted by Gasteiger charge is 2.11. The second-order valence-corrected chi connectivity index (χ2v) is 4.85. The fourth-order valence-corrected chi connectivity index (χ4v) is 2.56. The first-order valence-corrected chi connectivity index (χ1v) is 6.20. The Labute approximate surface area is 109 Å². The SMILES string of the molecule is Cc1cc(C)nc(Sc2ccccc2C(=O)O)n1. The van der Waals surface area contributed by atoms with Gasteiger partial charge in [-0.05, 0) is 43.8 Å². The number of hydrogen-bond acceptors (Lipinski definition) is 4. The van der Waals surface area contributed by atoms with Crippen molar-refractivity contribution in [3.05, 3.63) is 47.3 Å². The minimum Gasteiger partial charge on any atom is -0.478 e. The number of aromatic nitrogens is 2. The molecule has 0 saturated heterocycles. The predicted molar refractivity (Wildman–Crippen MR) is 69.0 cm³/mol. The van der Waals surface area contributed by atoms with Crippen LogP contribution < -0.4 is 0 Å². The Morgan fingerprint density at radius 3 is 2.39 bits per heavy atom. The summed E-state index contributed by atoms with van der Waals surface area (Å²) in [6.07, 6.45) is 0. The van der Waals surface area contributed by atoms with Gasteiger partial charge >= 0.3 is 5.97 Å². The molecule has 18 heavy (non-hydrogen) atoms. The molecule has 5 heteroatoms. The summed E-state index contributed by atoms with van der Waals surface area (Å²) < 4.78 is 0. The maximum absolute atomic E-state index is 11.1. The van der Waals surface area contributed by atoms with Gasteiger partial charge in [-0.1, -0.05) is 12.1 Å². The van der Waals surface area contributed by atoms with Gasteiger partial charge in [0.15, 0.2) is 5.16 Å². The van der Waals surface area contributed by atoms with Crippen molar-refractivity contribution in [2.45, 2.75) is 23.9 Å². The highest BCUT2D eigenvalue weighted by molar-refractivity contribution is 7.99. The summed E-state index contributed by atoms with van der Waals surface area (Å²) in [7, 11) is 0. The van der Waals surface area contributed by atoms with Crippen LogP contribution in [0, 0.1) is 13.8 Å². The fourth-order valence-electron chi connectivity index (χ4n) is 1.57. The van der Waals surface area contributed by atoms with Crippen molar-refractivity contribution in [1.29, 1.82) is 0 Å². The number of benzene rings is 1. The fraction of sp³-hybridized carbons (Fsp3) is 0.154. The van der Waals surface area contributed by atoms with Crippen LogP contribution in [0.2, 0.25) is 0 Å². The smallest absolute Gasteiger partial charge is 0.336 e. The van der Waals surface area contributed by atoms with Gasteiger partial charge in [-0.15, -0.1) is 0 Å². The van der Waals surface area contributed by atoms with E-state index in [2.05, 4.69) is 9.97 Å². The summed E-state index contributed by atoms with van der Waals surface area (Å²) in [5.41, 5.74) is 2.01. The molecule has 0 spiro atoms. The van der Waals surface area contributed by atoms with Crippen molar-refractivity contribution >= 4 is 17.7 Å². The second kappa shape index (κ2) is 5.18. The number of aryl methyl sites for hydroxylation is 2. The van der Waals surface area contributed by atoms with E-state index in [1.165, 1.54) is 11.8 Å². The van der Waals surface area contributed by atoms with Gasteiger partial charge in [0.2, 0.25) is 0 Å². The van der Waals surface area contributed by atoms with E-state index in [9.17, 15) is 4.79 Å². The first kappa shape index (κ1) is 12.6. The zero-order valence-corrected chi connectivity index (χ0v) is 10.9. The molecule has 1 aromatic carbocycles. The summed E-state index contributed by atoms with van der Waals surface area (Å²) in [6, 6.07) is 8.73. The number of nitrogens with zero attached hydrogens (tertiary/aromatic N) is 2. The van der Waals surface area contributed by atoms with Crippen LogP contribution in [-0.4, -0.2) is 21.0 Å². The highest BCUT2D eigenvalue weighted by Crippen LogP contribution is 2.28. The standard InChI is InChI=1S/C13H12N2O2S/c1-8-7-9(2)15-13(14-8)18-11-6-4-3-5-10(11)12(16)17/h3-7H,1-2H3,(H,16,17). The molecule has 2 rings (SSSR count). The van der Waals surface area contributed by atoms with E-state index in [0.29, 0.717) is 10.1 Å². The summed E-state index contributed by atoms with van der Waals surface area (Å²) >= 11 is 1.27. The summed E-state index contributed by atoms with van der Waals surface area (Å²) in [6.45, 7) is 3.78. The van der Waals surface area contributed by atoms with Gasteiger partial charge in [0.05, 0.1) is 5.56 Å². The number of carboxylic acids is 1. The lowest BCUT2D eigenvalue weighted by atomic mass is 10.2. The largest absolute Gasteiger partial charge is 0.478 e. The minimum atomic E-state index is -0.942. The van der Waals surface area contributed by atoms with E-state index < -0.39 is 5.97 Å². The summed E-state index contributed by atoms with van der Waals surface area (Å²) in [5, 5.41) is 9.67. The van der Waals surface area contributed by atoms with Crippen LogP contribution in [0.4, 0.5) is 0 Å². The number of carbonyl (C=O) groups is 1. The summed E-state index contributed by atoms with van der Waals surface area (Å²) in [4.78, 5) is 20.3. The lowest BCUT2D eigenvalue weighted by Crippen LogP contribution is -1.99. The average molecular weight is 260 g/mol. The average Bonchev–Trinajstić information content (AvgIpc) is 2.27. The van der Waals surface area contributed by atoms with Gasteiger partial charge in [-0.2, -0.15) is 0 Å². The Morgan fingerprint density at radius 1 is 1.17 bits per heavy atom. The molecule has 0 unspecified atom stereocenters. The van der Waals surface area contributed by atoms with E-state index in [1.54, 1.807) is 24.3 Å². The maximum Gasteiger partial charge on any atom is 0.336 e. The molecule has 0 amide bonds. The number of rotatable bonds is 3. The molecule has 1 heterocycles. The van der Waals surface area contributed by atoms with Gasteiger partial charge in [-0.3, -0.25) is 0 Å². The van der Waals surface area contributed by atoms with Crippen molar-refractivity contribution in [3.63, 3.8) is 0 Å². The molecular formula is C13H12N2O2S. The molecule has 1 N–H and O–H groups in total. The van der Waals surface area contributed by atoms with Crippen LogP contribution in [0.25, 0.3) is 0 Å². The monoisotopic (exact) mass is 260 g/mol. The number of hydrogen-bond donors (Lipinski definition) is 1. The lowest BCUT2D eigenvalue weighted by molar-refractivity contribution is 0.0693. The molecule has 0 bridgehead atoms. The molecule has 4 nitrogen and oxygen atoms in total. The molecule has 0 aliphatic carbocycles. The van der Waals surface area contributed by atoms with Crippen molar-refractivity contribution in [2.75, 3.05) is 0 Å². The van der Waals surface area contributed by atoms with Gasteiger partial charge in [0.1, 0.15) is 0 Å². The van der Waals surface area contributed by atoms with E-state index >= 15 is 0 Å². The third-order valence-electron chi connectivity index (χ3n) is 2.28. The van der Waals surface area contributed by atoms with Crippen LogP contribution >= 0.6 is 11.8 Å². The third kappa shape index (κ3) is 2.87. The van der Waals surface area contributed by atoms with Gasteiger partial charge in [0.25, 0.3) is 0 Å². The first-order valence-electron chi connectivity index (χ1n) is 5.39. The Bertz CT molecular complexity index is 579. The predicted octanol–water partition coefficient (Wildman–Crippen LogP) is 2.94. The molecule has 0 fully saturated rings. The van der Waals surface area contributed by atoms with E-state index in [0.717, 1.165) is 11.4 Å². The maximum atomic E-state index is 11.1. The normalized spacial score (nSPS) is 10.3. The molecule has 1 aromatic heterocycles. The minimum absolute atomic E-state index is 0.269. The molecule has 92 valence electrons. The molecule has 0 aliphatic heterocycles. The Hall–Kier alpha value is -1.88.